The molecule has 5 heteroatoms. The summed E-state index contributed by atoms with van der Waals surface area (Å²) >= 11 is 0. The third-order valence-corrected chi connectivity index (χ3v) is 4.25. The first-order valence-corrected chi connectivity index (χ1v) is 7.98. The van der Waals surface area contributed by atoms with E-state index < -0.39 is 6.23 Å². The zero-order valence-corrected chi connectivity index (χ0v) is 13.9. The lowest BCUT2D eigenvalue weighted by Crippen LogP contribution is -2.37. The molecule has 5 nitrogen and oxygen atoms in total. The Labute approximate surface area is 136 Å². The normalized spacial score (nSPS) is 18.4. The molecule has 2 heterocycles. The van der Waals surface area contributed by atoms with Crippen molar-refractivity contribution >= 4 is 11.4 Å². The van der Waals surface area contributed by atoms with E-state index in [2.05, 4.69) is 12.0 Å². The van der Waals surface area contributed by atoms with E-state index in [9.17, 15) is 5.11 Å². The van der Waals surface area contributed by atoms with E-state index >= 15 is 0 Å². The number of aliphatic hydroxyl groups excluding tert-OH is 1. The second-order valence-corrected chi connectivity index (χ2v) is 5.79. The van der Waals surface area contributed by atoms with Crippen LogP contribution in [0.3, 0.4) is 0 Å². The van der Waals surface area contributed by atoms with Gasteiger partial charge in [0.15, 0.2) is 0 Å². The van der Waals surface area contributed by atoms with Crippen LogP contribution in [0.5, 0.6) is 5.75 Å². The molecule has 0 saturated carbocycles. The number of hydrogen-bond donors (Lipinski definition) is 1. The van der Waals surface area contributed by atoms with Crippen molar-refractivity contribution in [1.82, 2.24) is 14.7 Å². The molecule has 1 aromatic heterocycles. The van der Waals surface area contributed by atoms with Crippen LogP contribution in [0.4, 0.5) is 0 Å². The van der Waals surface area contributed by atoms with Gasteiger partial charge in [-0.25, -0.2) is 4.68 Å². The van der Waals surface area contributed by atoms with Gasteiger partial charge in [0.25, 0.3) is 0 Å². The van der Waals surface area contributed by atoms with Gasteiger partial charge >= 0.3 is 0 Å². The van der Waals surface area contributed by atoms with Gasteiger partial charge in [-0.05, 0) is 56.5 Å². The number of allylic oxidation sites excluding steroid dienone is 1. The number of benzene rings is 1. The average Bonchev–Trinajstić information content (AvgIpc) is 3.01. The molecule has 1 unspecified atom stereocenters. The minimum Gasteiger partial charge on any atom is -0.497 e. The molecule has 0 bridgehead atoms. The van der Waals surface area contributed by atoms with E-state index in [1.54, 1.807) is 7.11 Å². The van der Waals surface area contributed by atoms with Crippen LogP contribution in [-0.4, -0.2) is 39.7 Å². The smallest absolute Gasteiger partial charge is 0.127 e. The highest BCUT2D eigenvalue weighted by atomic mass is 16.5. The molecular formula is C18H23N3O2. The fourth-order valence-corrected chi connectivity index (χ4v) is 3.09. The van der Waals surface area contributed by atoms with Gasteiger partial charge in [-0.3, -0.25) is 0 Å². The second-order valence-electron chi connectivity index (χ2n) is 5.79. The Morgan fingerprint density at radius 3 is 2.61 bits per heavy atom. The molecule has 23 heavy (non-hydrogen) atoms. The van der Waals surface area contributed by atoms with Crippen molar-refractivity contribution in [3.05, 3.63) is 47.8 Å². The highest BCUT2D eigenvalue weighted by Gasteiger charge is 2.28. The third kappa shape index (κ3) is 2.97. The van der Waals surface area contributed by atoms with Gasteiger partial charge < -0.3 is 14.7 Å². The largest absolute Gasteiger partial charge is 0.497 e. The molecule has 2 aromatic rings. The predicted molar refractivity (Wildman–Crippen MR) is 90.7 cm³/mol. The van der Waals surface area contributed by atoms with Crippen molar-refractivity contribution in [2.45, 2.75) is 32.9 Å². The van der Waals surface area contributed by atoms with E-state index in [-0.39, 0.29) is 0 Å². The predicted octanol–water partition coefficient (Wildman–Crippen LogP) is 2.96. The number of ether oxygens (including phenoxy) is 1. The van der Waals surface area contributed by atoms with Crippen molar-refractivity contribution in [3.8, 4) is 5.75 Å². The Bertz CT molecular complexity index is 703. The summed E-state index contributed by atoms with van der Waals surface area (Å²) in [5, 5.41) is 14.9. The standard InChI is InChI=1S/C18H23N3O2/c1-4-20-17(22)10-9-16(21-12-13(2)11-19-21)18(20)14-5-7-15(23-3)8-6-14/h5-8,11-12,17,22H,4,9-10H2,1-3H3. The van der Waals surface area contributed by atoms with Crippen LogP contribution in [0.1, 0.15) is 30.9 Å². The first-order valence-electron chi connectivity index (χ1n) is 7.98. The van der Waals surface area contributed by atoms with Gasteiger partial charge in [-0.1, -0.05) is 0 Å². The number of methoxy groups -OCH3 is 1. The molecule has 1 aliphatic rings. The van der Waals surface area contributed by atoms with E-state index in [0.29, 0.717) is 6.42 Å². The van der Waals surface area contributed by atoms with Crippen LogP contribution < -0.4 is 4.74 Å². The number of rotatable bonds is 4. The fourth-order valence-electron chi connectivity index (χ4n) is 3.09. The highest BCUT2D eigenvalue weighted by molar-refractivity contribution is 5.83. The summed E-state index contributed by atoms with van der Waals surface area (Å²) in [4.78, 5) is 2.04. The Morgan fingerprint density at radius 2 is 2.04 bits per heavy atom. The Balaban J connectivity index is 2.14. The minimum absolute atomic E-state index is 0.461. The van der Waals surface area contributed by atoms with E-state index in [1.165, 1.54) is 0 Å². The summed E-state index contributed by atoms with van der Waals surface area (Å²) in [7, 11) is 1.66. The summed E-state index contributed by atoms with van der Waals surface area (Å²) in [5.74, 6) is 0.824. The zero-order valence-electron chi connectivity index (χ0n) is 13.9. The fraction of sp³-hybridized carbons (Fsp3) is 0.389. The molecule has 1 N–H and O–H groups in total. The van der Waals surface area contributed by atoms with Gasteiger partial charge in [0.2, 0.25) is 0 Å². The van der Waals surface area contributed by atoms with Gasteiger partial charge in [-0.15, -0.1) is 0 Å². The van der Waals surface area contributed by atoms with Crippen molar-refractivity contribution < 1.29 is 9.84 Å². The molecule has 1 aromatic carbocycles. The van der Waals surface area contributed by atoms with Crippen LogP contribution in [0, 0.1) is 6.92 Å². The van der Waals surface area contributed by atoms with Crippen molar-refractivity contribution in [2.24, 2.45) is 0 Å². The van der Waals surface area contributed by atoms with Gasteiger partial charge in [0.05, 0.1) is 24.7 Å². The molecule has 1 atom stereocenters. The van der Waals surface area contributed by atoms with Crippen LogP contribution in [0.25, 0.3) is 11.4 Å². The molecule has 0 fully saturated rings. The maximum atomic E-state index is 10.4. The maximum Gasteiger partial charge on any atom is 0.127 e. The summed E-state index contributed by atoms with van der Waals surface area (Å²) in [6.07, 6.45) is 4.93. The number of aryl methyl sites for hydroxylation is 1. The first-order chi connectivity index (χ1) is 11.1. The van der Waals surface area contributed by atoms with Gasteiger partial charge in [-0.2, -0.15) is 5.10 Å². The molecule has 0 saturated heterocycles. The molecule has 0 amide bonds. The van der Waals surface area contributed by atoms with E-state index in [1.807, 2.05) is 53.2 Å². The number of aliphatic hydroxyl groups is 1. The minimum atomic E-state index is -0.461. The van der Waals surface area contributed by atoms with Crippen LogP contribution >= 0.6 is 0 Å². The Kier molecular flexibility index (Phi) is 4.39. The first kappa shape index (κ1) is 15.6. The van der Waals surface area contributed by atoms with Gasteiger partial charge in [0.1, 0.15) is 12.0 Å². The van der Waals surface area contributed by atoms with E-state index in [0.717, 1.165) is 41.2 Å². The van der Waals surface area contributed by atoms with Gasteiger partial charge in [0, 0.05) is 18.3 Å². The monoisotopic (exact) mass is 313 g/mol. The van der Waals surface area contributed by atoms with Crippen molar-refractivity contribution in [3.63, 3.8) is 0 Å². The second kappa shape index (κ2) is 6.46. The zero-order chi connectivity index (χ0) is 16.4. The molecular weight excluding hydrogens is 290 g/mol. The molecule has 0 spiro atoms. The molecule has 3 rings (SSSR count). The molecule has 122 valence electrons. The summed E-state index contributed by atoms with van der Waals surface area (Å²) in [6, 6.07) is 7.96. The van der Waals surface area contributed by atoms with Crippen LogP contribution in [-0.2, 0) is 0 Å². The summed E-state index contributed by atoms with van der Waals surface area (Å²) < 4.78 is 7.18. The lowest BCUT2D eigenvalue weighted by molar-refractivity contribution is 0.0377. The number of hydrogen-bond acceptors (Lipinski definition) is 4. The van der Waals surface area contributed by atoms with Crippen molar-refractivity contribution in [1.29, 1.82) is 0 Å². The molecule has 0 radical (unpaired) electrons. The van der Waals surface area contributed by atoms with Crippen LogP contribution in [0.2, 0.25) is 0 Å². The SMILES string of the molecule is CCN1C(c2ccc(OC)cc2)=C(n2cc(C)cn2)CCC1O. The lowest BCUT2D eigenvalue weighted by atomic mass is 10.0. The van der Waals surface area contributed by atoms with Crippen molar-refractivity contribution in [2.75, 3.05) is 13.7 Å². The Morgan fingerprint density at radius 1 is 1.30 bits per heavy atom. The van der Waals surface area contributed by atoms with Crippen LogP contribution in [0.15, 0.2) is 36.7 Å². The molecule has 0 aliphatic carbocycles. The lowest BCUT2D eigenvalue weighted by Gasteiger charge is -2.37. The highest BCUT2D eigenvalue weighted by Crippen LogP contribution is 2.35. The molecule has 1 aliphatic heterocycles. The van der Waals surface area contributed by atoms with E-state index in [4.69, 9.17) is 4.74 Å². The number of aromatic nitrogens is 2. The Hall–Kier alpha value is -2.27. The maximum absolute atomic E-state index is 10.4. The summed E-state index contributed by atoms with van der Waals surface area (Å²) in [6.45, 7) is 4.84. The quantitative estimate of drug-likeness (QED) is 0.943. The number of nitrogens with zero attached hydrogens (tertiary/aromatic N) is 3. The topological polar surface area (TPSA) is 50.5 Å². The third-order valence-electron chi connectivity index (χ3n) is 4.25. The summed E-state index contributed by atoms with van der Waals surface area (Å²) in [5.41, 5.74) is 4.35. The average molecular weight is 313 g/mol.